The molecule has 0 fully saturated rings. The highest BCUT2D eigenvalue weighted by atomic mass is 35.5. The average molecular weight is 343 g/mol. The van der Waals surface area contributed by atoms with Gasteiger partial charge in [0.05, 0.1) is 0 Å². The second-order valence-corrected chi connectivity index (χ2v) is 6.29. The van der Waals surface area contributed by atoms with E-state index >= 15 is 0 Å². The summed E-state index contributed by atoms with van der Waals surface area (Å²) in [5.74, 6) is 0. The van der Waals surface area contributed by atoms with Crippen LogP contribution in [0.3, 0.4) is 0 Å². The number of benzene rings is 2. The highest BCUT2D eigenvalue weighted by Gasteiger charge is 2.11. The van der Waals surface area contributed by atoms with Gasteiger partial charge in [0.25, 0.3) is 0 Å². The van der Waals surface area contributed by atoms with Gasteiger partial charge in [-0.25, -0.2) is 0 Å². The average Bonchev–Trinajstić information content (AvgIpc) is 2.47. The Hall–Kier alpha value is -0.730. The Morgan fingerprint density at radius 1 is 1.00 bits per heavy atom. The van der Waals surface area contributed by atoms with Gasteiger partial charge in [0.15, 0.2) is 0 Å². The van der Waals surface area contributed by atoms with Gasteiger partial charge in [-0.2, -0.15) is 0 Å². The SMILES string of the molecule is CCCNC(C)c1ccc(-c2cc(Cl)ccc2Cl)cc1Cl. The first-order valence-electron chi connectivity index (χ1n) is 7.01. The smallest absolute Gasteiger partial charge is 0.0485 e. The van der Waals surface area contributed by atoms with Gasteiger partial charge in [-0.15, -0.1) is 0 Å². The van der Waals surface area contributed by atoms with Crippen molar-refractivity contribution in [2.45, 2.75) is 26.3 Å². The molecule has 1 atom stereocenters. The Labute approximate surface area is 141 Å². The zero-order valence-electron chi connectivity index (χ0n) is 12.1. The van der Waals surface area contributed by atoms with E-state index in [2.05, 4.69) is 19.2 Å². The van der Waals surface area contributed by atoms with Gasteiger partial charge in [0.2, 0.25) is 0 Å². The molecule has 0 spiro atoms. The van der Waals surface area contributed by atoms with E-state index in [1.54, 1.807) is 12.1 Å². The molecule has 2 aromatic carbocycles. The first-order chi connectivity index (χ1) is 10.0. The van der Waals surface area contributed by atoms with Crippen LogP contribution >= 0.6 is 34.8 Å². The van der Waals surface area contributed by atoms with E-state index in [4.69, 9.17) is 34.8 Å². The fourth-order valence-corrected chi connectivity index (χ4v) is 2.98. The van der Waals surface area contributed by atoms with Crippen molar-refractivity contribution in [2.75, 3.05) is 6.54 Å². The van der Waals surface area contributed by atoms with Crippen LogP contribution in [-0.4, -0.2) is 6.54 Å². The van der Waals surface area contributed by atoms with E-state index in [-0.39, 0.29) is 6.04 Å². The number of hydrogen-bond acceptors (Lipinski definition) is 1. The molecule has 112 valence electrons. The Morgan fingerprint density at radius 2 is 1.76 bits per heavy atom. The quantitative estimate of drug-likeness (QED) is 0.665. The topological polar surface area (TPSA) is 12.0 Å². The molecule has 1 N–H and O–H groups in total. The second kappa shape index (κ2) is 7.51. The number of hydrogen-bond donors (Lipinski definition) is 1. The Morgan fingerprint density at radius 3 is 2.43 bits per heavy atom. The maximum absolute atomic E-state index is 6.43. The van der Waals surface area contributed by atoms with Crippen molar-refractivity contribution < 1.29 is 0 Å². The first-order valence-corrected chi connectivity index (χ1v) is 8.14. The lowest BCUT2D eigenvalue weighted by Crippen LogP contribution is -2.19. The van der Waals surface area contributed by atoms with Crippen molar-refractivity contribution >= 4 is 34.8 Å². The fraction of sp³-hybridized carbons (Fsp3) is 0.294. The molecule has 0 amide bonds. The van der Waals surface area contributed by atoms with Crippen LogP contribution in [0.25, 0.3) is 11.1 Å². The van der Waals surface area contributed by atoms with Crippen LogP contribution in [0.1, 0.15) is 31.9 Å². The highest BCUT2D eigenvalue weighted by Crippen LogP contribution is 2.34. The van der Waals surface area contributed by atoms with Gasteiger partial charge in [-0.1, -0.05) is 53.9 Å². The molecule has 21 heavy (non-hydrogen) atoms. The van der Waals surface area contributed by atoms with Gasteiger partial charge in [0, 0.05) is 26.7 Å². The second-order valence-electron chi connectivity index (χ2n) is 5.04. The zero-order valence-corrected chi connectivity index (χ0v) is 14.4. The number of nitrogens with one attached hydrogen (secondary N) is 1. The van der Waals surface area contributed by atoms with Crippen LogP contribution in [0.15, 0.2) is 36.4 Å². The molecule has 0 heterocycles. The molecule has 1 nitrogen and oxygen atoms in total. The summed E-state index contributed by atoms with van der Waals surface area (Å²) in [5.41, 5.74) is 2.96. The third-order valence-electron chi connectivity index (χ3n) is 3.41. The lowest BCUT2D eigenvalue weighted by atomic mass is 10.0. The first kappa shape index (κ1) is 16.6. The van der Waals surface area contributed by atoms with Gasteiger partial charge >= 0.3 is 0 Å². The molecule has 0 saturated carbocycles. The minimum Gasteiger partial charge on any atom is -0.310 e. The third kappa shape index (κ3) is 4.14. The summed E-state index contributed by atoms with van der Waals surface area (Å²) in [4.78, 5) is 0. The van der Waals surface area contributed by atoms with Gasteiger partial charge in [-0.3, -0.25) is 0 Å². The fourth-order valence-electron chi connectivity index (χ4n) is 2.24. The lowest BCUT2D eigenvalue weighted by molar-refractivity contribution is 0.571. The van der Waals surface area contributed by atoms with E-state index in [1.165, 1.54) is 0 Å². The summed E-state index contributed by atoms with van der Waals surface area (Å²) in [5, 5.41) is 5.50. The van der Waals surface area contributed by atoms with Gasteiger partial charge < -0.3 is 5.32 Å². The minimum absolute atomic E-state index is 0.223. The van der Waals surface area contributed by atoms with E-state index in [0.29, 0.717) is 10.0 Å². The Bertz CT molecular complexity index is 625. The molecule has 0 bridgehead atoms. The monoisotopic (exact) mass is 341 g/mol. The molecular formula is C17H18Cl3N. The standard InChI is InChI=1S/C17H18Cl3N/c1-3-8-21-11(2)14-6-4-12(9-17(14)20)15-10-13(18)5-7-16(15)19/h4-7,9-11,21H,3,8H2,1-2H3. The van der Waals surface area contributed by atoms with Crippen LogP contribution in [0.5, 0.6) is 0 Å². The molecular weight excluding hydrogens is 325 g/mol. The maximum atomic E-state index is 6.43. The minimum atomic E-state index is 0.223. The molecule has 0 radical (unpaired) electrons. The molecule has 4 heteroatoms. The van der Waals surface area contributed by atoms with E-state index in [9.17, 15) is 0 Å². The van der Waals surface area contributed by atoms with Crippen molar-refractivity contribution in [1.82, 2.24) is 5.32 Å². The summed E-state index contributed by atoms with van der Waals surface area (Å²) in [7, 11) is 0. The molecule has 2 aromatic rings. The highest BCUT2D eigenvalue weighted by molar-refractivity contribution is 6.35. The van der Waals surface area contributed by atoms with Crippen molar-refractivity contribution in [3.63, 3.8) is 0 Å². The van der Waals surface area contributed by atoms with Crippen LogP contribution in [0, 0.1) is 0 Å². The van der Waals surface area contributed by atoms with E-state index < -0.39 is 0 Å². The van der Waals surface area contributed by atoms with Crippen LogP contribution in [0.2, 0.25) is 15.1 Å². The largest absolute Gasteiger partial charge is 0.310 e. The summed E-state index contributed by atoms with van der Waals surface area (Å²) < 4.78 is 0. The Balaban J connectivity index is 2.32. The molecule has 0 aliphatic carbocycles. The third-order valence-corrected chi connectivity index (χ3v) is 4.30. The Kier molecular flexibility index (Phi) is 5.95. The summed E-state index contributed by atoms with van der Waals surface area (Å²) in [6.45, 7) is 5.23. The summed E-state index contributed by atoms with van der Waals surface area (Å²) >= 11 is 18.7. The number of halogens is 3. The molecule has 0 aliphatic rings. The van der Waals surface area contributed by atoms with E-state index in [0.717, 1.165) is 34.7 Å². The molecule has 0 saturated heterocycles. The predicted octanol–water partition coefficient (Wildman–Crippen LogP) is 6.37. The van der Waals surface area contributed by atoms with E-state index in [1.807, 2.05) is 24.3 Å². The van der Waals surface area contributed by atoms with Crippen molar-refractivity contribution in [2.24, 2.45) is 0 Å². The van der Waals surface area contributed by atoms with Gasteiger partial charge in [-0.05, 0) is 55.3 Å². The van der Waals surface area contributed by atoms with Crippen molar-refractivity contribution in [3.8, 4) is 11.1 Å². The molecule has 1 unspecified atom stereocenters. The van der Waals surface area contributed by atoms with Crippen molar-refractivity contribution in [3.05, 3.63) is 57.0 Å². The molecule has 0 aromatic heterocycles. The normalized spacial score (nSPS) is 12.4. The predicted molar refractivity (Wildman–Crippen MR) is 93.6 cm³/mol. The van der Waals surface area contributed by atoms with Gasteiger partial charge in [0.1, 0.15) is 0 Å². The zero-order chi connectivity index (χ0) is 15.4. The summed E-state index contributed by atoms with van der Waals surface area (Å²) in [6, 6.07) is 11.7. The summed E-state index contributed by atoms with van der Waals surface area (Å²) in [6.07, 6.45) is 1.10. The van der Waals surface area contributed by atoms with Crippen molar-refractivity contribution in [1.29, 1.82) is 0 Å². The molecule has 0 aliphatic heterocycles. The maximum Gasteiger partial charge on any atom is 0.0485 e. The molecule has 2 rings (SSSR count). The lowest BCUT2D eigenvalue weighted by Gasteiger charge is -2.16. The van der Waals surface area contributed by atoms with Crippen LogP contribution in [0.4, 0.5) is 0 Å². The number of rotatable bonds is 5. The van der Waals surface area contributed by atoms with Crippen LogP contribution < -0.4 is 5.32 Å². The van der Waals surface area contributed by atoms with Crippen LogP contribution in [-0.2, 0) is 0 Å².